The molecule has 0 atom stereocenters. The van der Waals surface area contributed by atoms with Crippen molar-refractivity contribution in [3.05, 3.63) is 103 Å². The molecule has 0 bridgehead atoms. The molecule has 3 aromatic heterocycles. The van der Waals surface area contributed by atoms with Crippen LogP contribution in [0.15, 0.2) is 80.8 Å². The summed E-state index contributed by atoms with van der Waals surface area (Å²) in [6.07, 6.45) is 0. The van der Waals surface area contributed by atoms with E-state index < -0.39 is 4.92 Å². The molecule has 9 nitrogen and oxygen atoms in total. The second kappa shape index (κ2) is 10.3. The third-order valence-electron chi connectivity index (χ3n) is 6.33. The van der Waals surface area contributed by atoms with Crippen LogP contribution in [0.1, 0.15) is 20.8 Å². The molecule has 0 spiro atoms. The number of aromatic amines is 1. The molecule has 0 fully saturated rings. The van der Waals surface area contributed by atoms with Crippen LogP contribution in [-0.2, 0) is 0 Å². The molecule has 0 unspecified atom stereocenters. The minimum Gasteiger partial charge on any atom is -0.322 e. The van der Waals surface area contributed by atoms with E-state index in [4.69, 9.17) is 0 Å². The zero-order valence-corrected chi connectivity index (χ0v) is 23.5. The fourth-order valence-corrected chi connectivity index (χ4v) is 7.37. The van der Waals surface area contributed by atoms with E-state index in [-0.39, 0.29) is 23.0 Å². The summed E-state index contributed by atoms with van der Waals surface area (Å²) in [7, 11) is 0. The Morgan fingerprint density at radius 2 is 1.82 bits per heavy atom. The van der Waals surface area contributed by atoms with Crippen LogP contribution >= 0.6 is 34.4 Å². The van der Waals surface area contributed by atoms with Crippen LogP contribution in [0, 0.1) is 24.0 Å². The Balaban J connectivity index is 1.28. The molecular formula is C28H19N5O4S3. The number of amides is 1. The molecule has 198 valence electrons. The van der Waals surface area contributed by atoms with Crippen molar-refractivity contribution in [3.8, 4) is 11.4 Å². The summed E-state index contributed by atoms with van der Waals surface area (Å²) in [6.45, 7) is 3.81. The van der Waals surface area contributed by atoms with Gasteiger partial charge in [0, 0.05) is 27.8 Å². The summed E-state index contributed by atoms with van der Waals surface area (Å²) in [4.78, 5) is 50.8. The van der Waals surface area contributed by atoms with Crippen molar-refractivity contribution in [2.75, 3.05) is 5.32 Å². The lowest BCUT2D eigenvalue weighted by Crippen LogP contribution is -2.11. The zero-order valence-electron chi connectivity index (χ0n) is 21.1. The summed E-state index contributed by atoms with van der Waals surface area (Å²) < 4.78 is 1.46. The molecule has 40 heavy (non-hydrogen) atoms. The van der Waals surface area contributed by atoms with Crippen molar-refractivity contribution in [2.24, 2.45) is 0 Å². The lowest BCUT2D eigenvalue weighted by Gasteiger charge is -2.05. The lowest BCUT2D eigenvalue weighted by molar-refractivity contribution is -0.387. The molecule has 3 aromatic carbocycles. The highest BCUT2D eigenvalue weighted by molar-refractivity contribution is 8.01. The van der Waals surface area contributed by atoms with Crippen molar-refractivity contribution in [2.45, 2.75) is 23.1 Å². The normalized spacial score (nSPS) is 11.2. The number of benzene rings is 3. The number of hydrogen-bond acceptors (Lipinski definition) is 9. The van der Waals surface area contributed by atoms with Gasteiger partial charge in [0.05, 0.1) is 25.4 Å². The number of nitro benzene ring substituents is 1. The average Bonchev–Trinajstić information content (AvgIpc) is 3.47. The van der Waals surface area contributed by atoms with Gasteiger partial charge in [-0.05, 0) is 61.9 Å². The van der Waals surface area contributed by atoms with Crippen LogP contribution in [0.3, 0.4) is 0 Å². The first-order valence-corrected chi connectivity index (χ1v) is 14.5. The van der Waals surface area contributed by atoms with Gasteiger partial charge in [-0.3, -0.25) is 19.7 Å². The van der Waals surface area contributed by atoms with Crippen LogP contribution in [0.25, 0.3) is 31.8 Å². The lowest BCUT2D eigenvalue weighted by atomic mass is 10.1. The number of nitrogens with one attached hydrogen (secondary N) is 2. The first kappa shape index (κ1) is 25.9. The smallest absolute Gasteiger partial charge is 0.284 e. The van der Waals surface area contributed by atoms with Crippen LogP contribution in [0.5, 0.6) is 0 Å². The number of aromatic nitrogens is 3. The topological polar surface area (TPSA) is 131 Å². The Hall–Kier alpha value is -4.39. The van der Waals surface area contributed by atoms with Crippen molar-refractivity contribution in [1.82, 2.24) is 15.0 Å². The molecule has 0 aliphatic carbocycles. The van der Waals surface area contributed by atoms with Crippen LogP contribution < -0.4 is 10.9 Å². The van der Waals surface area contributed by atoms with Gasteiger partial charge in [-0.15, -0.1) is 22.7 Å². The predicted octanol–water partition coefficient (Wildman–Crippen LogP) is 7.19. The van der Waals surface area contributed by atoms with E-state index in [1.54, 1.807) is 48.5 Å². The molecule has 0 aliphatic heterocycles. The van der Waals surface area contributed by atoms with Gasteiger partial charge in [-0.2, -0.15) is 0 Å². The first-order chi connectivity index (χ1) is 19.3. The number of nitro groups is 1. The number of H-pyrrole nitrogens is 1. The zero-order chi connectivity index (χ0) is 28.0. The first-order valence-electron chi connectivity index (χ1n) is 12.0. The van der Waals surface area contributed by atoms with Crippen LogP contribution in [0.4, 0.5) is 11.4 Å². The quantitative estimate of drug-likeness (QED) is 0.156. The highest BCUT2D eigenvalue weighted by Crippen LogP contribution is 2.40. The number of hydrogen-bond donors (Lipinski definition) is 2. The summed E-state index contributed by atoms with van der Waals surface area (Å²) in [5, 5.41) is 15.4. The monoisotopic (exact) mass is 585 g/mol. The molecule has 0 saturated carbocycles. The number of carbonyl (C=O) groups is 1. The highest BCUT2D eigenvalue weighted by atomic mass is 32.2. The van der Waals surface area contributed by atoms with Gasteiger partial charge >= 0.3 is 0 Å². The second-order valence-corrected chi connectivity index (χ2v) is 12.4. The Labute approximate surface area is 239 Å². The number of thiophene rings is 1. The number of anilines is 1. The summed E-state index contributed by atoms with van der Waals surface area (Å²) in [5.74, 6) is 0.0672. The molecule has 6 aromatic rings. The third-order valence-corrected chi connectivity index (χ3v) is 9.57. The largest absolute Gasteiger partial charge is 0.322 e. The SMILES string of the molecule is Cc1sc2nc(-c3ccc(Sc4nc5ccc(NC(=O)c6ccccc6)cc5s4)c([N+](=O)[O-])c3)[nH]c(=O)c2c1C. The number of thiazole rings is 1. The predicted molar refractivity (Wildman–Crippen MR) is 160 cm³/mol. The Morgan fingerprint density at radius 1 is 1.02 bits per heavy atom. The van der Waals surface area contributed by atoms with E-state index in [0.29, 0.717) is 36.3 Å². The summed E-state index contributed by atoms with van der Waals surface area (Å²) in [5.41, 5.74) is 2.86. The second-order valence-electron chi connectivity index (χ2n) is 8.90. The maximum atomic E-state index is 12.7. The molecule has 0 radical (unpaired) electrons. The minimum atomic E-state index is -0.452. The van der Waals surface area contributed by atoms with Crippen molar-refractivity contribution >= 4 is 72.2 Å². The third kappa shape index (κ3) is 4.88. The number of aryl methyl sites for hydroxylation is 2. The van der Waals surface area contributed by atoms with E-state index in [0.717, 1.165) is 20.7 Å². The van der Waals surface area contributed by atoms with Crippen LogP contribution in [-0.4, -0.2) is 25.8 Å². The van der Waals surface area contributed by atoms with Crippen molar-refractivity contribution < 1.29 is 9.72 Å². The number of rotatable bonds is 6. The fourth-order valence-electron chi connectivity index (χ4n) is 4.20. The molecule has 6 rings (SSSR count). The molecule has 1 amide bonds. The Bertz CT molecular complexity index is 2010. The van der Waals surface area contributed by atoms with Crippen LogP contribution in [0.2, 0.25) is 0 Å². The van der Waals surface area contributed by atoms with E-state index in [1.165, 1.54) is 40.5 Å². The molecule has 3 heterocycles. The summed E-state index contributed by atoms with van der Waals surface area (Å²) in [6, 6.07) is 19.1. The maximum Gasteiger partial charge on any atom is 0.284 e. The number of carbonyl (C=O) groups excluding carboxylic acids is 1. The van der Waals surface area contributed by atoms with E-state index in [1.807, 2.05) is 26.0 Å². The number of nitrogens with zero attached hydrogens (tertiary/aromatic N) is 3. The van der Waals surface area contributed by atoms with Crippen molar-refractivity contribution in [3.63, 3.8) is 0 Å². The van der Waals surface area contributed by atoms with Gasteiger partial charge in [0.15, 0.2) is 4.34 Å². The van der Waals surface area contributed by atoms with E-state index >= 15 is 0 Å². The maximum absolute atomic E-state index is 12.7. The molecular weight excluding hydrogens is 567 g/mol. The molecule has 12 heteroatoms. The van der Waals surface area contributed by atoms with Gasteiger partial charge in [0.2, 0.25) is 0 Å². The van der Waals surface area contributed by atoms with Gasteiger partial charge in [-0.1, -0.05) is 30.0 Å². The highest BCUT2D eigenvalue weighted by Gasteiger charge is 2.20. The Kier molecular flexibility index (Phi) is 6.66. The van der Waals surface area contributed by atoms with Gasteiger partial charge < -0.3 is 10.3 Å². The summed E-state index contributed by atoms with van der Waals surface area (Å²) >= 11 is 3.99. The molecule has 0 aliphatic rings. The van der Waals surface area contributed by atoms with Crippen molar-refractivity contribution in [1.29, 1.82) is 0 Å². The molecule has 0 saturated heterocycles. The number of fused-ring (bicyclic) bond motifs is 2. The van der Waals surface area contributed by atoms with Gasteiger partial charge in [0.25, 0.3) is 17.2 Å². The van der Waals surface area contributed by atoms with Gasteiger partial charge in [0.1, 0.15) is 10.7 Å². The standard InChI is InChI=1S/C28H19N5O4S3/c1-14-15(2)38-27-23(14)26(35)31-24(32-27)17-8-11-21(20(12-17)33(36)37)39-28-30-19-10-9-18(13-22(19)40-28)29-25(34)16-6-4-3-5-7-16/h3-13H,1-2H3,(H,29,34)(H,31,32,35). The fraction of sp³-hybridized carbons (Fsp3) is 0.0714. The van der Waals surface area contributed by atoms with E-state index in [2.05, 4.69) is 20.3 Å². The molecule has 2 N–H and O–H groups in total. The minimum absolute atomic E-state index is 0.112. The Morgan fingerprint density at radius 3 is 2.60 bits per heavy atom. The van der Waals surface area contributed by atoms with Gasteiger partial charge in [-0.25, -0.2) is 9.97 Å². The average molecular weight is 586 g/mol. The van der Waals surface area contributed by atoms with E-state index in [9.17, 15) is 19.7 Å².